The van der Waals surface area contributed by atoms with Crippen molar-refractivity contribution < 1.29 is 9.59 Å². The van der Waals surface area contributed by atoms with Gasteiger partial charge in [0.2, 0.25) is 11.8 Å². The smallest absolute Gasteiger partial charge is 0.218 e. The van der Waals surface area contributed by atoms with Crippen LogP contribution in [0.4, 0.5) is 0 Å². The molecule has 1 heterocycles. The summed E-state index contributed by atoms with van der Waals surface area (Å²) in [5.41, 5.74) is 12.7. The highest BCUT2D eigenvalue weighted by Crippen LogP contribution is 2.21. The lowest BCUT2D eigenvalue weighted by Crippen LogP contribution is -2.38. The van der Waals surface area contributed by atoms with E-state index < -0.39 is 0 Å². The van der Waals surface area contributed by atoms with Crippen LogP contribution in [-0.2, 0) is 9.59 Å². The Morgan fingerprint density at radius 1 is 1.12 bits per heavy atom. The molecule has 1 unspecified atom stereocenters. The van der Waals surface area contributed by atoms with Crippen molar-refractivity contribution in [3.8, 4) is 0 Å². The van der Waals surface area contributed by atoms with Gasteiger partial charge in [-0.15, -0.1) is 11.8 Å². The van der Waals surface area contributed by atoms with Crippen molar-refractivity contribution in [3.05, 3.63) is 35.9 Å². The van der Waals surface area contributed by atoms with Gasteiger partial charge in [-0.2, -0.15) is 0 Å². The number of rotatable bonds is 9. The molecule has 2 rings (SSSR count). The number of benzene rings is 1. The predicted molar refractivity (Wildman–Crippen MR) is 98.2 cm³/mol. The summed E-state index contributed by atoms with van der Waals surface area (Å²) in [6.07, 6.45) is 0.573. The summed E-state index contributed by atoms with van der Waals surface area (Å²) < 4.78 is 0. The van der Waals surface area contributed by atoms with Gasteiger partial charge >= 0.3 is 0 Å². The molecule has 0 spiro atoms. The van der Waals surface area contributed by atoms with E-state index in [0.29, 0.717) is 18.3 Å². The molecule has 1 aliphatic rings. The molecule has 0 saturated heterocycles. The van der Waals surface area contributed by atoms with Gasteiger partial charge in [-0.05, 0) is 5.56 Å². The summed E-state index contributed by atoms with van der Waals surface area (Å²) >= 11 is 1.86. The van der Waals surface area contributed by atoms with E-state index in [1.807, 2.05) is 30.0 Å². The highest BCUT2D eigenvalue weighted by atomic mass is 32.2. The number of amides is 2. The average molecular weight is 348 g/mol. The molecule has 1 aromatic rings. The Labute approximate surface area is 146 Å². The van der Waals surface area contributed by atoms with Crippen LogP contribution in [0, 0.1) is 0 Å². The summed E-state index contributed by atoms with van der Waals surface area (Å²) in [7, 11) is 0. The van der Waals surface area contributed by atoms with Crippen LogP contribution >= 0.6 is 11.8 Å². The first-order valence-electron chi connectivity index (χ1n) is 8.04. The molecule has 6 nitrogen and oxygen atoms in total. The Hall–Kier alpha value is -1.86. The third kappa shape index (κ3) is 6.33. The fourth-order valence-electron chi connectivity index (χ4n) is 2.54. The topological polar surface area (TPSA) is 102 Å². The number of carbonyl (C=O) groups is 2. The molecule has 0 saturated carbocycles. The minimum atomic E-state index is -0.334. The van der Waals surface area contributed by atoms with E-state index in [1.54, 1.807) is 0 Å². The van der Waals surface area contributed by atoms with E-state index in [1.165, 1.54) is 5.56 Å². The number of hydrogen-bond donors (Lipinski definition) is 2. The van der Waals surface area contributed by atoms with Crippen LogP contribution in [0.5, 0.6) is 0 Å². The zero-order chi connectivity index (χ0) is 17.4. The van der Waals surface area contributed by atoms with Gasteiger partial charge < -0.3 is 16.4 Å². The van der Waals surface area contributed by atoms with E-state index in [4.69, 9.17) is 16.5 Å². The maximum atomic E-state index is 11.0. The second-order valence-electron chi connectivity index (χ2n) is 5.82. The normalized spacial score (nSPS) is 17.5. The molecule has 0 aromatic heterocycles. The highest BCUT2D eigenvalue weighted by molar-refractivity contribution is 8.00. The number of thioether (sulfide) groups is 1. The van der Waals surface area contributed by atoms with Crippen LogP contribution in [0.15, 0.2) is 35.3 Å². The number of nitrogens with two attached hydrogens (primary N) is 2. The molecular weight excluding hydrogens is 324 g/mol. The molecule has 24 heavy (non-hydrogen) atoms. The van der Waals surface area contributed by atoms with Crippen LogP contribution in [0.25, 0.3) is 0 Å². The third-order valence-electron chi connectivity index (χ3n) is 3.86. The maximum absolute atomic E-state index is 11.0. The summed E-state index contributed by atoms with van der Waals surface area (Å²) in [5.74, 6) is 0.202. The molecule has 2 amide bonds. The molecule has 0 bridgehead atoms. The number of nitrogens with zero attached hydrogens (tertiary/aromatic N) is 2. The first-order chi connectivity index (χ1) is 11.5. The van der Waals surface area contributed by atoms with Gasteiger partial charge in [0.05, 0.1) is 12.3 Å². The summed E-state index contributed by atoms with van der Waals surface area (Å²) in [6, 6.07) is 10.2. The van der Waals surface area contributed by atoms with Gasteiger partial charge in [0, 0.05) is 43.5 Å². The lowest BCUT2D eigenvalue weighted by Gasteiger charge is -2.28. The summed E-state index contributed by atoms with van der Waals surface area (Å²) in [6.45, 7) is 2.61. The van der Waals surface area contributed by atoms with Crippen LogP contribution in [0.3, 0.4) is 0 Å². The van der Waals surface area contributed by atoms with E-state index in [2.05, 4.69) is 17.0 Å². The molecule has 1 aliphatic heterocycles. The number of primary amides is 2. The molecule has 4 N–H and O–H groups in total. The lowest BCUT2D eigenvalue weighted by molar-refractivity contribution is -0.118. The van der Waals surface area contributed by atoms with E-state index in [0.717, 1.165) is 24.6 Å². The fourth-order valence-corrected chi connectivity index (χ4v) is 3.69. The first-order valence-corrected chi connectivity index (χ1v) is 9.09. The van der Waals surface area contributed by atoms with Crippen LogP contribution < -0.4 is 11.5 Å². The van der Waals surface area contributed by atoms with Crippen molar-refractivity contribution >= 4 is 29.3 Å². The molecule has 130 valence electrons. The summed E-state index contributed by atoms with van der Waals surface area (Å²) in [5, 5.41) is 0.346. The number of hydrogen-bond acceptors (Lipinski definition) is 5. The maximum Gasteiger partial charge on any atom is 0.218 e. The SMILES string of the molecule is NC(=O)CCN(CCC(N)=O)CC1CN=C(c2ccccc2)CS1. The minimum Gasteiger partial charge on any atom is -0.370 e. The molecule has 7 heteroatoms. The minimum absolute atomic E-state index is 0.286. The van der Waals surface area contributed by atoms with Gasteiger partial charge in [0.1, 0.15) is 0 Å². The van der Waals surface area contributed by atoms with Gasteiger partial charge in [0.25, 0.3) is 0 Å². The van der Waals surface area contributed by atoms with Gasteiger partial charge in [-0.1, -0.05) is 30.3 Å². The van der Waals surface area contributed by atoms with E-state index >= 15 is 0 Å². The Morgan fingerprint density at radius 3 is 2.25 bits per heavy atom. The van der Waals surface area contributed by atoms with Crippen LogP contribution in [0.2, 0.25) is 0 Å². The molecule has 0 radical (unpaired) electrons. The van der Waals surface area contributed by atoms with Gasteiger partial charge in [-0.25, -0.2) is 0 Å². The van der Waals surface area contributed by atoms with Gasteiger partial charge in [0.15, 0.2) is 0 Å². The molecule has 1 atom stereocenters. The van der Waals surface area contributed by atoms with Crippen molar-refractivity contribution in [2.75, 3.05) is 31.9 Å². The third-order valence-corrected chi connectivity index (χ3v) is 5.07. The van der Waals surface area contributed by atoms with Crippen LogP contribution in [0.1, 0.15) is 18.4 Å². The Kier molecular flexibility index (Phi) is 7.27. The van der Waals surface area contributed by atoms with Crippen molar-refractivity contribution in [3.63, 3.8) is 0 Å². The fraction of sp³-hybridized carbons (Fsp3) is 0.471. The second kappa shape index (κ2) is 9.44. The largest absolute Gasteiger partial charge is 0.370 e. The van der Waals surface area contributed by atoms with Crippen molar-refractivity contribution in [2.45, 2.75) is 18.1 Å². The van der Waals surface area contributed by atoms with Crippen molar-refractivity contribution in [2.24, 2.45) is 16.5 Å². The molecule has 1 aromatic carbocycles. The zero-order valence-electron chi connectivity index (χ0n) is 13.7. The average Bonchev–Trinajstić information content (AvgIpc) is 2.58. The Morgan fingerprint density at radius 2 is 1.75 bits per heavy atom. The highest BCUT2D eigenvalue weighted by Gasteiger charge is 2.20. The van der Waals surface area contributed by atoms with Gasteiger partial charge in [-0.3, -0.25) is 14.6 Å². The quantitative estimate of drug-likeness (QED) is 0.684. The zero-order valence-corrected chi connectivity index (χ0v) is 14.5. The first kappa shape index (κ1) is 18.5. The standard InChI is InChI=1S/C17H24N4O2S/c18-16(22)6-8-21(9-7-17(19)23)11-14-10-20-15(12-24-14)13-4-2-1-3-5-13/h1-5,14H,6-12H2,(H2,18,22)(H2,19,23). The number of carbonyl (C=O) groups excluding carboxylic acids is 2. The summed E-state index contributed by atoms with van der Waals surface area (Å²) in [4.78, 5) is 28.8. The Balaban J connectivity index is 1.89. The Bertz CT molecular complexity index is 574. The lowest BCUT2D eigenvalue weighted by atomic mass is 10.1. The monoisotopic (exact) mass is 348 g/mol. The molecule has 0 aliphatic carbocycles. The van der Waals surface area contributed by atoms with Crippen molar-refractivity contribution in [1.82, 2.24) is 4.90 Å². The second-order valence-corrected chi connectivity index (χ2v) is 7.11. The van der Waals surface area contributed by atoms with Crippen molar-refractivity contribution in [1.29, 1.82) is 0 Å². The number of aliphatic imine (C=N–C) groups is 1. The van der Waals surface area contributed by atoms with E-state index in [9.17, 15) is 9.59 Å². The molecular formula is C17H24N4O2S. The predicted octanol–water partition coefficient (Wildman–Crippen LogP) is 0.644. The van der Waals surface area contributed by atoms with E-state index in [-0.39, 0.29) is 24.7 Å². The molecule has 0 fully saturated rings. The van der Waals surface area contributed by atoms with Crippen LogP contribution in [-0.4, -0.2) is 59.6 Å².